The van der Waals surface area contributed by atoms with Crippen LogP contribution in [-0.4, -0.2) is 49.9 Å². The molecule has 0 aromatic carbocycles. The van der Waals surface area contributed by atoms with Gasteiger partial charge in [-0.25, -0.2) is 12.8 Å². The van der Waals surface area contributed by atoms with Crippen LogP contribution >= 0.6 is 0 Å². The van der Waals surface area contributed by atoms with E-state index in [1.54, 1.807) is 0 Å². The van der Waals surface area contributed by atoms with Gasteiger partial charge in [0.2, 0.25) is 0 Å². The van der Waals surface area contributed by atoms with Gasteiger partial charge in [0.1, 0.15) is 6.67 Å². The Kier molecular flexibility index (Phi) is 15.0. The second-order valence-electron chi connectivity index (χ2n) is 4.21. The summed E-state index contributed by atoms with van der Waals surface area (Å²) in [4.78, 5) is 2.07. The quantitative estimate of drug-likeness (QED) is 0.272. The van der Waals surface area contributed by atoms with Crippen molar-refractivity contribution in [3.05, 3.63) is 0 Å². The van der Waals surface area contributed by atoms with Crippen molar-refractivity contribution in [1.29, 1.82) is 0 Å². The maximum absolute atomic E-state index is 12.2. The fourth-order valence-electron chi connectivity index (χ4n) is 1.74. The number of halogens is 1. The standard InChI is InChI=1S/C11H24FNO3S.Na/c1-2-8-13(10-7-12)9-5-3-4-6-11-17(14,15)16;/h2-11H2,1H3,(H,14,15,16);/q;+1/p-1. The third-order valence-electron chi connectivity index (χ3n) is 2.56. The van der Waals surface area contributed by atoms with Crippen LogP contribution in [0.1, 0.15) is 39.0 Å². The van der Waals surface area contributed by atoms with Gasteiger partial charge in [-0.1, -0.05) is 19.8 Å². The summed E-state index contributed by atoms with van der Waals surface area (Å²) in [6, 6.07) is 0. The Bertz CT molecular complexity index is 269. The molecule has 0 saturated carbocycles. The van der Waals surface area contributed by atoms with E-state index in [2.05, 4.69) is 11.8 Å². The van der Waals surface area contributed by atoms with Crippen molar-refractivity contribution in [2.45, 2.75) is 39.0 Å². The molecule has 0 spiro atoms. The first-order valence-corrected chi connectivity index (χ1v) is 7.79. The van der Waals surface area contributed by atoms with Gasteiger partial charge >= 0.3 is 29.6 Å². The molecule has 0 heterocycles. The zero-order chi connectivity index (χ0) is 13.1. The van der Waals surface area contributed by atoms with Crippen LogP contribution in [0.2, 0.25) is 0 Å². The van der Waals surface area contributed by atoms with Gasteiger partial charge in [0.15, 0.2) is 0 Å². The van der Waals surface area contributed by atoms with E-state index in [4.69, 9.17) is 0 Å². The SMILES string of the molecule is CCCN(CCF)CCCCCCS(=O)(=O)[O-].[Na+]. The van der Waals surface area contributed by atoms with E-state index >= 15 is 0 Å². The smallest absolute Gasteiger partial charge is 0.748 e. The monoisotopic (exact) mass is 291 g/mol. The normalized spacial score (nSPS) is 11.6. The summed E-state index contributed by atoms with van der Waals surface area (Å²) in [5, 5.41) is 0. The van der Waals surface area contributed by atoms with Crippen LogP contribution in [0.15, 0.2) is 0 Å². The Morgan fingerprint density at radius 1 is 1.06 bits per heavy atom. The molecular weight excluding hydrogens is 268 g/mol. The Morgan fingerprint density at radius 2 is 1.67 bits per heavy atom. The number of hydrogen-bond donors (Lipinski definition) is 0. The predicted molar refractivity (Wildman–Crippen MR) is 65.7 cm³/mol. The number of rotatable bonds is 11. The Hall–Kier alpha value is 0.800. The number of hydrogen-bond acceptors (Lipinski definition) is 4. The molecule has 0 fully saturated rings. The zero-order valence-corrected chi connectivity index (χ0v) is 14.3. The molecule has 0 aromatic heterocycles. The molecule has 0 saturated heterocycles. The van der Waals surface area contributed by atoms with E-state index in [1.165, 1.54) is 0 Å². The Labute approximate surface area is 132 Å². The van der Waals surface area contributed by atoms with Gasteiger partial charge in [-0.15, -0.1) is 0 Å². The molecule has 18 heavy (non-hydrogen) atoms. The van der Waals surface area contributed by atoms with Crippen LogP contribution in [-0.2, 0) is 10.1 Å². The van der Waals surface area contributed by atoms with E-state index in [1.807, 2.05) is 0 Å². The third-order valence-corrected chi connectivity index (χ3v) is 3.35. The van der Waals surface area contributed by atoms with Crippen molar-refractivity contribution in [1.82, 2.24) is 4.90 Å². The van der Waals surface area contributed by atoms with E-state index in [0.717, 1.165) is 38.8 Å². The third kappa shape index (κ3) is 14.9. The molecule has 0 N–H and O–H groups in total. The average molecular weight is 291 g/mol. The van der Waals surface area contributed by atoms with Crippen molar-refractivity contribution >= 4 is 10.1 Å². The van der Waals surface area contributed by atoms with Gasteiger partial charge in [-0.3, -0.25) is 0 Å². The maximum atomic E-state index is 12.2. The van der Waals surface area contributed by atoms with Gasteiger partial charge in [-0.2, -0.15) is 0 Å². The van der Waals surface area contributed by atoms with Crippen LogP contribution < -0.4 is 29.6 Å². The van der Waals surface area contributed by atoms with Crippen molar-refractivity contribution < 1.29 is 46.9 Å². The van der Waals surface area contributed by atoms with E-state index in [0.29, 0.717) is 13.0 Å². The summed E-state index contributed by atoms with van der Waals surface area (Å²) in [5.41, 5.74) is 0. The number of nitrogens with zero attached hydrogens (tertiary/aromatic N) is 1. The van der Waals surface area contributed by atoms with Crippen LogP contribution in [0.3, 0.4) is 0 Å². The van der Waals surface area contributed by atoms with Crippen LogP contribution in [0, 0.1) is 0 Å². The molecule has 0 rings (SSSR count). The first kappa shape index (κ1) is 21.1. The van der Waals surface area contributed by atoms with Crippen LogP contribution in [0.5, 0.6) is 0 Å². The molecule has 0 atom stereocenters. The largest absolute Gasteiger partial charge is 1.00 e. The minimum atomic E-state index is -4.05. The minimum Gasteiger partial charge on any atom is -0.748 e. The van der Waals surface area contributed by atoms with Gasteiger partial charge in [0.25, 0.3) is 0 Å². The molecule has 0 aromatic rings. The molecule has 0 bridgehead atoms. The molecule has 104 valence electrons. The summed E-state index contributed by atoms with van der Waals surface area (Å²) in [7, 11) is -4.05. The first-order valence-electron chi connectivity index (χ1n) is 6.21. The molecular formula is C11H23FNNaO3S. The summed E-state index contributed by atoms with van der Waals surface area (Å²) in [5.74, 6) is -0.268. The summed E-state index contributed by atoms with van der Waals surface area (Å²) in [6.45, 7) is 3.96. The molecule has 0 aliphatic rings. The molecule has 0 radical (unpaired) electrons. The summed E-state index contributed by atoms with van der Waals surface area (Å²) >= 11 is 0. The first-order chi connectivity index (χ1) is 7.99. The second-order valence-corrected chi connectivity index (χ2v) is 5.73. The summed E-state index contributed by atoms with van der Waals surface area (Å²) < 4.78 is 43.2. The van der Waals surface area contributed by atoms with Gasteiger partial charge in [0.05, 0.1) is 10.1 Å². The average Bonchev–Trinajstić information content (AvgIpc) is 2.22. The minimum absolute atomic E-state index is 0. The topological polar surface area (TPSA) is 60.4 Å². The molecule has 0 aliphatic carbocycles. The Balaban J connectivity index is 0. The van der Waals surface area contributed by atoms with Crippen molar-refractivity contribution in [2.24, 2.45) is 0 Å². The maximum Gasteiger partial charge on any atom is 1.00 e. The Morgan fingerprint density at radius 3 is 2.17 bits per heavy atom. The van der Waals surface area contributed by atoms with E-state index in [9.17, 15) is 17.4 Å². The molecule has 7 heteroatoms. The fourth-order valence-corrected chi connectivity index (χ4v) is 2.30. The molecule has 0 unspecified atom stereocenters. The van der Waals surface area contributed by atoms with Crippen LogP contribution in [0.25, 0.3) is 0 Å². The van der Waals surface area contributed by atoms with E-state index < -0.39 is 10.1 Å². The van der Waals surface area contributed by atoms with Crippen LogP contribution in [0.4, 0.5) is 4.39 Å². The van der Waals surface area contributed by atoms with Gasteiger partial charge < -0.3 is 9.45 Å². The van der Waals surface area contributed by atoms with Crippen molar-refractivity contribution in [3.8, 4) is 0 Å². The van der Waals surface area contributed by atoms with Gasteiger partial charge in [-0.05, 0) is 32.4 Å². The molecule has 0 amide bonds. The zero-order valence-electron chi connectivity index (χ0n) is 11.5. The predicted octanol–water partition coefficient (Wildman–Crippen LogP) is -1.22. The fraction of sp³-hybridized carbons (Fsp3) is 1.00. The summed E-state index contributed by atoms with van der Waals surface area (Å²) in [6.07, 6.45) is 4.01. The van der Waals surface area contributed by atoms with Crippen molar-refractivity contribution in [3.63, 3.8) is 0 Å². The van der Waals surface area contributed by atoms with E-state index in [-0.39, 0.29) is 42.0 Å². The molecule has 4 nitrogen and oxygen atoms in total. The number of alkyl halides is 1. The molecule has 0 aliphatic heterocycles. The second kappa shape index (κ2) is 12.8. The van der Waals surface area contributed by atoms with Gasteiger partial charge in [0, 0.05) is 12.3 Å². The number of unbranched alkanes of at least 4 members (excludes halogenated alkanes) is 3. The van der Waals surface area contributed by atoms with Crippen molar-refractivity contribution in [2.75, 3.05) is 32.1 Å².